The summed E-state index contributed by atoms with van der Waals surface area (Å²) >= 11 is 1.60. The lowest BCUT2D eigenvalue weighted by atomic mass is 9.99. The smallest absolute Gasteiger partial charge is 0.229 e. The van der Waals surface area contributed by atoms with Crippen LogP contribution in [0.1, 0.15) is 0 Å². The Morgan fingerprint density at radius 1 is 1.22 bits per heavy atom. The minimum atomic E-state index is -3.18. The van der Waals surface area contributed by atoms with E-state index in [1.54, 1.807) is 23.3 Å². The fourth-order valence-corrected chi connectivity index (χ4v) is 5.33. The zero-order valence-corrected chi connectivity index (χ0v) is 16.9. The van der Waals surface area contributed by atoms with Crippen molar-refractivity contribution in [2.45, 2.75) is 0 Å². The number of hydrogen-bond acceptors (Lipinski definition) is 7. The number of nitrogens with zero attached hydrogens (tertiary/aromatic N) is 4. The molecule has 2 aliphatic rings. The summed E-state index contributed by atoms with van der Waals surface area (Å²) in [5.74, 6) is 0.814. The second-order valence-electron chi connectivity index (χ2n) is 6.89. The average Bonchev–Trinajstić information content (AvgIpc) is 3.03. The highest BCUT2D eigenvalue weighted by atomic mass is 32.2. The van der Waals surface area contributed by atoms with Crippen LogP contribution in [0.4, 0.5) is 5.13 Å². The number of anilines is 1. The molecule has 0 aliphatic carbocycles. The molecule has 8 nitrogen and oxygen atoms in total. The molecule has 2 fully saturated rings. The molecule has 146 valence electrons. The molecular formula is C17H22N4O4S2. The molecule has 0 bridgehead atoms. The van der Waals surface area contributed by atoms with Crippen molar-refractivity contribution >= 4 is 42.6 Å². The van der Waals surface area contributed by atoms with E-state index < -0.39 is 10.0 Å². The molecule has 4 rings (SSSR count). The van der Waals surface area contributed by atoms with E-state index in [1.807, 2.05) is 18.2 Å². The first-order valence-electron chi connectivity index (χ1n) is 8.79. The van der Waals surface area contributed by atoms with Gasteiger partial charge in [0.2, 0.25) is 15.9 Å². The molecule has 0 unspecified atom stereocenters. The number of hydrogen-bond donors (Lipinski definition) is 0. The molecule has 0 N–H and O–H groups in total. The standard InChI is InChI=1S/C17H22N4O4S2/c1-25-13-4-3-5-14-15(13)18-17(26-14)20-10-12(11-20)16(22)19-6-8-21(9-7-19)27(2,23)24/h3-5,12H,6-11H2,1-2H3. The van der Waals surface area contributed by atoms with Gasteiger partial charge in [0.05, 0.1) is 24.0 Å². The fourth-order valence-electron chi connectivity index (χ4n) is 3.50. The van der Waals surface area contributed by atoms with E-state index >= 15 is 0 Å². The molecular weight excluding hydrogens is 388 g/mol. The van der Waals surface area contributed by atoms with Gasteiger partial charge in [-0.2, -0.15) is 4.31 Å². The third-order valence-electron chi connectivity index (χ3n) is 5.11. The lowest BCUT2D eigenvalue weighted by Gasteiger charge is -2.42. The monoisotopic (exact) mass is 410 g/mol. The summed E-state index contributed by atoms with van der Waals surface area (Å²) in [6.07, 6.45) is 1.21. The predicted molar refractivity (Wildman–Crippen MR) is 105 cm³/mol. The minimum Gasteiger partial charge on any atom is -0.494 e. The van der Waals surface area contributed by atoms with Gasteiger partial charge in [-0.15, -0.1) is 0 Å². The van der Waals surface area contributed by atoms with E-state index in [-0.39, 0.29) is 11.8 Å². The van der Waals surface area contributed by atoms with Gasteiger partial charge in [0, 0.05) is 39.3 Å². The SMILES string of the molecule is COc1cccc2sc(N3CC(C(=O)N4CCN(S(C)(=O)=O)CC4)C3)nc12. The molecule has 2 aliphatic heterocycles. The van der Waals surface area contributed by atoms with Gasteiger partial charge in [0.1, 0.15) is 11.3 Å². The summed E-state index contributed by atoms with van der Waals surface area (Å²) < 4.78 is 31.0. The maximum atomic E-state index is 12.7. The van der Waals surface area contributed by atoms with Crippen molar-refractivity contribution in [3.63, 3.8) is 0 Å². The van der Waals surface area contributed by atoms with E-state index in [0.29, 0.717) is 39.3 Å². The van der Waals surface area contributed by atoms with Crippen molar-refractivity contribution in [1.29, 1.82) is 0 Å². The molecule has 0 atom stereocenters. The molecule has 2 saturated heterocycles. The number of fused-ring (bicyclic) bond motifs is 1. The number of ether oxygens (including phenoxy) is 1. The van der Waals surface area contributed by atoms with Crippen molar-refractivity contribution in [2.75, 3.05) is 57.5 Å². The van der Waals surface area contributed by atoms with Crippen molar-refractivity contribution in [1.82, 2.24) is 14.2 Å². The summed E-state index contributed by atoms with van der Waals surface area (Å²) in [7, 11) is -1.55. The van der Waals surface area contributed by atoms with Gasteiger partial charge in [0.15, 0.2) is 5.13 Å². The lowest BCUT2D eigenvalue weighted by molar-refractivity contribution is -0.137. The Labute approximate surface area is 162 Å². The Hall–Kier alpha value is -1.91. The van der Waals surface area contributed by atoms with Gasteiger partial charge in [-0.1, -0.05) is 17.4 Å². The predicted octanol–water partition coefficient (Wildman–Crippen LogP) is 0.845. The van der Waals surface area contributed by atoms with Gasteiger partial charge in [-0.05, 0) is 12.1 Å². The van der Waals surface area contributed by atoms with Gasteiger partial charge >= 0.3 is 0 Å². The van der Waals surface area contributed by atoms with Crippen LogP contribution < -0.4 is 9.64 Å². The maximum Gasteiger partial charge on any atom is 0.229 e. The highest BCUT2D eigenvalue weighted by Crippen LogP contribution is 2.36. The van der Waals surface area contributed by atoms with E-state index in [1.165, 1.54) is 10.6 Å². The number of para-hydroxylation sites is 1. The molecule has 1 aromatic heterocycles. The van der Waals surface area contributed by atoms with Crippen LogP contribution in [0.15, 0.2) is 18.2 Å². The molecule has 0 radical (unpaired) electrons. The van der Waals surface area contributed by atoms with Crippen LogP contribution in [0.25, 0.3) is 10.2 Å². The van der Waals surface area contributed by atoms with Crippen molar-refractivity contribution in [3.05, 3.63) is 18.2 Å². The van der Waals surface area contributed by atoms with E-state index in [9.17, 15) is 13.2 Å². The lowest BCUT2D eigenvalue weighted by Crippen LogP contribution is -2.58. The van der Waals surface area contributed by atoms with Crippen LogP contribution in [-0.2, 0) is 14.8 Å². The summed E-state index contributed by atoms with van der Waals surface area (Å²) in [4.78, 5) is 21.2. The normalized spacial score (nSPS) is 19.3. The first-order valence-corrected chi connectivity index (χ1v) is 11.5. The van der Waals surface area contributed by atoms with E-state index in [2.05, 4.69) is 9.88 Å². The van der Waals surface area contributed by atoms with Gasteiger partial charge in [-0.25, -0.2) is 13.4 Å². The second kappa shape index (κ2) is 6.92. The Balaban J connectivity index is 1.36. The number of piperazine rings is 1. The number of sulfonamides is 1. The van der Waals surface area contributed by atoms with Crippen molar-refractivity contribution < 1.29 is 17.9 Å². The number of benzene rings is 1. The van der Waals surface area contributed by atoms with Crippen molar-refractivity contribution in [3.8, 4) is 5.75 Å². The summed E-state index contributed by atoms with van der Waals surface area (Å²) in [6, 6.07) is 5.86. The number of thiazole rings is 1. The summed E-state index contributed by atoms with van der Waals surface area (Å²) in [5, 5.41) is 0.903. The van der Waals surface area contributed by atoms with Crippen LogP contribution in [0.2, 0.25) is 0 Å². The molecule has 2 aromatic rings. The fraction of sp³-hybridized carbons (Fsp3) is 0.529. The number of rotatable bonds is 4. The summed E-state index contributed by atoms with van der Waals surface area (Å²) in [6.45, 7) is 2.96. The van der Waals surface area contributed by atoms with Crippen LogP contribution in [0.5, 0.6) is 5.75 Å². The molecule has 3 heterocycles. The highest BCUT2D eigenvalue weighted by molar-refractivity contribution is 7.88. The number of aromatic nitrogens is 1. The maximum absolute atomic E-state index is 12.7. The van der Waals surface area contributed by atoms with E-state index in [0.717, 1.165) is 21.1 Å². The topological polar surface area (TPSA) is 83.0 Å². The molecule has 0 saturated carbocycles. The van der Waals surface area contributed by atoms with Crippen LogP contribution in [0, 0.1) is 5.92 Å². The quantitative estimate of drug-likeness (QED) is 0.743. The van der Waals surface area contributed by atoms with Gasteiger partial charge < -0.3 is 14.5 Å². The Morgan fingerprint density at radius 2 is 1.93 bits per heavy atom. The zero-order valence-electron chi connectivity index (χ0n) is 15.3. The van der Waals surface area contributed by atoms with Crippen LogP contribution in [0.3, 0.4) is 0 Å². The first-order chi connectivity index (χ1) is 12.9. The third kappa shape index (κ3) is 3.48. The molecule has 1 amide bonds. The second-order valence-corrected chi connectivity index (χ2v) is 9.88. The third-order valence-corrected chi connectivity index (χ3v) is 7.50. The number of amides is 1. The first kappa shape index (κ1) is 18.5. The number of methoxy groups -OCH3 is 1. The zero-order chi connectivity index (χ0) is 19.2. The number of carbonyl (C=O) groups is 1. The average molecular weight is 411 g/mol. The van der Waals surface area contributed by atoms with Gasteiger partial charge in [0.25, 0.3) is 0 Å². The van der Waals surface area contributed by atoms with Gasteiger partial charge in [-0.3, -0.25) is 4.79 Å². The number of carbonyl (C=O) groups excluding carboxylic acids is 1. The summed E-state index contributed by atoms with van der Waals surface area (Å²) in [5.41, 5.74) is 0.853. The Kier molecular flexibility index (Phi) is 4.73. The minimum absolute atomic E-state index is 0.0521. The van der Waals surface area contributed by atoms with E-state index in [4.69, 9.17) is 4.74 Å². The highest BCUT2D eigenvalue weighted by Gasteiger charge is 2.38. The molecule has 0 spiro atoms. The molecule has 27 heavy (non-hydrogen) atoms. The largest absolute Gasteiger partial charge is 0.494 e. The van der Waals surface area contributed by atoms with Crippen LogP contribution in [-0.4, -0.2) is 81.1 Å². The Bertz CT molecular complexity index is 960. The van der Waals surface area contributed by atoms with Crippen LogP contribution >= 0.6 is 11.3 Å². The van der Waals surface area contributed by atoms with Crippen molar-refractivity contribution in [2.24, 2.45) is 5.92 Å². The Morgan fingerprint density at radius 3 is 2.56 bits per heavy atom. The molecule has 1 aromatic carbocycles. The molecule has 10 heteroatoms.